The van der Waals surface area contributed by atoms with Crippen LogP contribution < -0.4 is 4.90 Å². The van der Waals surface area contributed by atoms with E-state index < -0.39 is 21.6 Å². The van der Waals surface area contributed by atoms with Gasteiger partial charge in [-0.15, -0.1) is 11.3 Å². The van der Waals surface area contributed by atoms with Gasteiger partial charge in [0.2, 0.25) is 0 Å². The lowest BCUT2D eigenvalue weighted by atomic mass is 10.1. The van der Waals surface area contributed by atoms with Crippen LogP contribution in [0.2, 0.25) is 0 Å². The molecule has 1 aromatic carbocycles. The molecule has 11 heteroatoms. The highest BCUT2D eigenvalue weighted by atomic mass is 32.2. The lowest BCUT2D eigenvalue weighted by molar-refractivity contribution is -0.137. The molecule has 1 aliphatic rings. The maximum Gasteiger partial charge on any atom is 0.416 e. The van der Waals surface area contributed by atoms with E-state index in [-0.39, 0.29) is 9.96 Å². The predicted octanol–water partition coefficient (Wildman–Crippen LogP) is 3.95. The molecule has 0 atom stereocenters. The van der Waals surface area contributed by atoms with Gasteiger partial charge in [-0.3, -0.25) is 4.90 Å². The van der Waals surface area contributed by atoms with E-state index in [2.05, 4.69) is 10.1 Å². The second-order valence-corrected chi connectivity index (χ2v) is 10.8. The van der Waals surface area contributed by atoms with Crippen molar-refractivity contribution in [2.45, 2.75) is 23.7 Å². The number of hydrogen-bond acceptors (Lipinski definition) is 7. The number of rotatable bonds is 7. The van der Waals surface area contributed by atoms with Gasteiger partial charge in [-0.1, -0.05) is 11.2 Å². The number of hydrogen-bond donors (Lipinski definition) is 1. The second-order valence-electron chi connectivity index (χ2n) is 7.35. The van der Waals surface area contributed by atoms with Crippen molar-refractivity contribution in [2.24, 2.45) is 5.16 Å². The molecule has 2 heterocycles. The summed E-state index contributed by atoms with van der Waals surface area (Å²) in [5.41, 5.74) is 0.257. The van der Waals surface area contributed by atoms with E-state index in [9.17, 15) is 21.6 Å². The van der Waals surface area contributed by atoms with Crippen molar-refractivity contribution in [1.82, 2.24) is 4.90 Å². The van der Waals surface area contributed by atoms with Crippen molar-refractivity contribution >= 4 is 32.6 Å². The largest absolute Gasteiger partial charge is 0.416 e. The SMILES string of the molecule is CC(=NO)c1ccc(S(=O)(=O)CCCN2CCN(c3cccc(C(F)(F)F)c3)CC2)s1. The average Bonchev–Trinajstić information content (AvgIpc) is 3.24. The van der Waals surface area contributed by atoms with E-state index in [4.69, 9.17) is 5.21 Å². The smallest absolute Gasteiger partial charge is 0.411 e. The van der Waals surface area contributed by atoms with Crippen LogP contribution in [0, 0.1) is 0 Å². The molecule has 31 heavy (non-hydrogen) atoms. The molecule has 3 rings (SSSR count). The quantitative estimate of drug-likeness (QED) is 0.373. The van der Waals surface area contributed by atoms with E-state index in [1.165, 1.54) is 18.2 Å². The van der Waals surface area contributed by atoms with Crippen molar-refractivity contribution < 1.29 is 26.8 Å². The summed E-state index contributed by atoms with van der Waals surface area (Å²) in [6.45, 7) is 4.69. The second kappa shape index (κ2) is 9.58. The summed E-state index contributed by atoms with van der Waals surface area (Å²) >= 11 is 1.08. The van der Waals surface area contributed by atoms with Crippen LogP contribution in [0.3, 0.4) is 0 Å². The summed E-state index contributed by atoms with van der Waals surface area (Å²) in [5, 5.41) is 11.9. The Kier molecular flexibility index (Phi) is 7.28. The highest BCUT2D eigenvalue weighted by Gasteiger charge is 2.31. The number of halogens is 3. The summed E-state index contributed by atoms with van der Waals surface area (Å²) < 4.78 is 64.1. The van der Waals surface area contributed by atoms with Crippen LogP contribution in [0.5, 0.6) is 0 Å². The minimum Gasteiger partial charge on any atom is -0.411 e. The normalized spacial score (nSPS) is 16.6. The van der Waals surface area contributed by atoms with Crippen LogP contribution in [0.1, 0.15) is 23.8 Å². The van der Waals surface area contributed by atoms with E-state index in [1.54, 1.807) is 19.1 Å². The van der Waals surface area contributed by atoms with Crippen LogP contribution >= 0.6 is 11.3 Å². The minimum atomic E-state index is -4.36. The molecule has 1 aliphatic heterocycles. The topological polar surface area (TPSA) is 73.2 Å². The molecular weight excluding hydrogens is 451 g/mol. The van der Waals surface area contributed by atoms with Gasteiger partial charge in [0, 0.05) is 31.9 Å². The Hall–Kier alpha value is -2.11. The molecule has 0 amide bonds. The molecule has 0 bridgehead atoms. The number of anilines is 1. The third-order valence-electron chi connectivity index (χ3n) is 5.19. The van der Waals surface area contributed by atoms with Gasteiger partial charge in [0.05, 0.1) is 21.9 Å². The number of benzene rings is 1. The summed E-state index contributed by atoms with van der Waals surface area (Å²) in [4.78, 5) is 4.65. The molecule has 0 aliphatic carbocycles. The number of thiophene rings is 1. The Morgan fingerprint density at radius 1 is 1.16 bits per heavy atom. The maximum absolute atomic E-state index is 12.9. The summed E-state index contributed by atoms with van der Waals surface area (Å²) in [6.07, 6.45) is -3.90. The fourth-order valence-electron chi connectivity index (χ4n) is 3.42. The van der Waals surface area contributed by atoms with Gasteiger partial charge in [0.15, 0.2) is 9.84 Å². The summed E-state index contributed by atoms with van der Waals surface area (Å²) in [7, 11) is -3.42. The standard InChI is InChI=1S/C20H24F3N3O3S2/c1-15(24-27)18-6-7-19(30-18)31(28,29)13-3-8-25-9-11-26(12-10-25)17-5-2-4-16(14-17)20(21,22)23/h2,4-7,14,27H,3,8-13H2,1H3. The van der Waals surface area contributed by atoms with E-state index in [0.29, 0.717) is 55.4 Å². The van der Waals surface area contributed by atoms with Crippen LogP contribution in [-0.2, 0) is 16.0 Å². The number of oxime groups is 1. The fraction of sp³-hybridized carbons (Fsp3) is 0.450. The van der Waals surface area contributed by atoms with E-state index in [0.717, 1.165) is 17.4 Å². The third-order valence-corrected chi connectivity index (χ3v) is 8.77. The summed E-state index contributed by atoms with van der Waals surface area (Å²) in [6, 6.07) is 8.47. The molecule has 0 radical (unpaired) electrons. The molecule has 6 nitrogen and oxygen atoms in total. The fourth-order valence-corrected chi connectivity index (χ4v) is 6.11. The van der Waals surface area contributed by atoms with Gasteiger partial charge in [-0.2, -0.15) is 13.2 Å². The molecule has 1 fully saturated rings. The first-order valence-corrected chi connectivity index (χ1v) is 12.2. The van der Waals surface area contributed by atoms with Crippen molar-refractivity contribution in [2.75, 3.05) is 43.4 Å². The van der Waals surface area contributed by atoms with Gasteiger partial charge in [0.25, 0.3) is 0 Å². The summed E-state index contributed by atoms with van der Waals surface area (Å²) in [5.74, 6) is 0.0100. The van der Waals surface area contributed by atoms with Crippen molar-refractivity contribution in [3.8, 4) is 0 Å². The molecule has 1 aromatic heterocycles. The molecule has 0 saturated carbocycles. The van der Waals surface area contributed by atoms with E-state index in [1.807, 2.05) is 4.90 Å². The molecular formula is C20H24F3N3O3S2. The lowest BCUT2D eigenvalue weighted by Crippen LogP contribution is -2.46. The van der Waals surface area contributed by atoms with Gasteiger partial charge >= 0.3 is 6.18 Å². The van der Waals surface area contributed by atoms with Gasteiger partial charge < -0.3 is 10.1 Å². The number of alkyl halides is 3. The number of sulfone groups is 1. The van der Waals surface area contributed by atoms with Gasteiger partial charge in [-0.25, -0.2) is 8.42 Å². The van der Waals surface area contributed by atoms with Gasteiger partial charge in [0.1, 0.15) is 4.21 Å². The van der Waals surface area contributed by atoms with Crippen LogP contribution in [0.25, 0.3) is 0 Å². The van der Waals surface area contributed by atoms with Crippen LogP contribution in [0.4, 0.5) is 18.9 Å². The Balaban J connectivity index is 1.49. The first-order valence-electron chi connectivity index (χ1n) is 9.76. The Morgan fingerprint density at radius 3 is 2.52 bits per heavy atom. The average molecular weight is 476 g/mol. The van der Waals surface area contributed by atoms with Crippen LogP contribution in [-0.4, -0.2) is 62.7 Å². The Labute approximate surface area is 183 Å². The number of nitrogens with zero attached hydrogens (tertiary/aromatic N) is 3. The maximum atomic E-state index is 12.9. The molecule has 2 aromatic rings. The van der Waals surface area contributed by atoms with Crippen molar-refractivity contribution in [3.63, 3.8) is 0 Å². The van der Waals surface area contributed by atoms with Crippen molar-refractivity contribution in [3.05, 3.63) is 46.8 Å². The zero-order valence-electron chi connectivity index (χ0n) is 17.0. The zero-order valence-corrected chi connectivity index (χ0v) is 18.6. The Morgan fingerprint density at radius 2 is 1.87 bits per heavy atom. The highest BCUT2D eigenvalue weighted by molar-refractivity contribution is 7.93. The third kappa shape index (κ3) is 5.98. The van der Waals surface area contributed by atoms with Gasteiger partial charge in [-0.05, 0) is 50.2 Å². The molecule has 170 valence electrons. The van der Waals surface area contributed by atoms with Crippen LogP contribution in [0.15, 0.2) is 45.8 Å². The highest BCUT2D eigenvalue weighted by Crippen LogP contribution is 2.32. The first kappa shape index (κ1) is 23.6. The Bertz CT molecular complexity index is 1030. The minimum absolute atomic E-state index is 0.0100. The predicted molar refractivity (Wildman–Crippen MR) is 115 cm³/mol. The number of piperazine rings is 1. The lowest BCUT2D eigenvalue weighted by Gasteiger charge is -2.36. The molecule has 0 unspecified atom stereocenters. The van der Waals surface area contributed by atoms with Crippen molar-refractivity contribution in [1.29, 1.82) is 0 Å². The first-order chi connectivity index (χ1) is 14.6. The van der Waals surface area contributed by atoms with E-state index >= 15 is 0 Å². The molecule has 0 spiro atoms. The molecule has 1 saturated heterocycles. The zero-order chi connectivity index (χ0) is 22.6. The monoisotopic (exact) mass is 475 g/mol. The molecule has 1 N–H and O–H groups in total.